The summed E-state index contributed by atoms with van der Waals surface area (Å²) in [6.45, 7) is 5.15. The Hall–Kier alpha value is -2.47. The summed E-state index contributed by atoms with van der Waals surface area (Å²) in [5.74, 6) is -0.300. The van der Waals surface area contributed by atoms with Gasteiger partial charge in [0.15, 0.2) is 11.9 Å². The van der Waals surface area contributed by atoms with Crippen molar-refractivity contribution in [3.63, 3.8) is 0 Å². The first-order chi connectivity index (χ1) is 12.9. The Labute approximate surface area is 155 Å². The van der Waals surface area contributed by atoms with Crippen LogP contribution in [0.3, 0.4) is 0 Å². The van der Waals surface area contributed by atoms with Crippen molar-refractivity contribution in [2.75, 3.05) is 11.9 Å². The number of carbonyl (C=O) groups excluding carboxylic acids is 2. The summed E-state index contributed by atoms with van der Waals surface area (Å²) in [5.41, 5.74) is 5.93. The molecule has 11 nitrogen and oxygen atoms in total. The van der Waals surface area contributed by atoms with Crippen LogP contribution in [0.15, 0.2) is 18.7 Å². The summed E-state index contributed by atoms with van der Waals surface area (Å²) in [6, 6.07) is -1.58. The molecule has 0 saturated carbocycles. The second kappa shape index (κ2) is 7.64. The Balaban J connectivity index is 1.82. The smallest absolute Gasteiger partial charge is 0.279 e. The van der Waals surface area contributed by atoms with E-state index in [1.807, 2.05) is 6.92 Å². The maximum atomic E-state index is 12.2. The van der Waals surface area contributed by atoms with Crippen molar-refractivity contribution in [1.29, 1.82) is 0 Å². The summed E-state index contributed by atoms with van der Waals surface area (Å²) in [6.07, 6.45) is -0.440. The van der Waals surface area contributed by atoms with Gasteiger partial charge in [0.25, 0.3) is 5.91 Å². The average molecular weight is 380 g/mol. The number of ether oxygens (including phenoxy) is 1. The number of aliphatic hydroxyl groups is 2. The molecule has 1 aromatic rings. The van der Waals surface area contributed by atoms with Gasteiger partial charge in [0.1, 0.15) is 23.8 Å². The fourth-order valence-corrected chi connectivity index (χ4v) is 3.23. The third kappa shape index (κ3) is 3.54. The van der Waals surface area contributed by atoms with Gasteiger partial charge in [-0.1, -0.05) is 19.9 Å². The number of amides is 2. The number of anilines is 1. The lowest BCUT2D eigenvalue weighted by Gasteiger charge is -2.24. The second-order valence-electron chi connectivity index (χ2n) is 6.57. The second-order valence-corrected chi connectivity index (χ2v) is 6.57. The summed E-state index contributed by atoms with van der Waals surface area (Å²) in [5, 5.41) is 28.4. The SMILES string of the molecule is C=C1NC(=O)c2ncn([C@@H]3O[C@H](CO)[C@H](NC(=O)C(N)CCC)C3O)c2N1. The minimum absolute atomic E-state index is 0.121. The molecule has 1 saturated heterocycles. The van der Waals surface area contributed by atoms with Crippen LogP contribution in [-0.2, 0) is 9.53 Å². The molecule has 3 rings (SSSR count). The van der Waals surface area contributed by atoms with E-state index >= 15 is 0 Å². The zero-order valence-electron chi connectivity index (χ0n) is 14.9. The predicted octanol–water partition coefficient (Wildman–Crippen LogP) is -1.63. The van der Waals surface area contributed by atoms with Crippen molar-refractivity contribution in [3.8, 4) is 0 Å². The number of rotatable bonds is 6. The number of nitrogens with two attached hydrogens (primary N) is 1. The van der Waals surface area contributed by atoms with Gasteiger partial charge >= 0.3 is 0 Å². The molecule has 2 aliphatic rings. The van der Waals surface area contributed by atoms with Gasteiger partial charge in [-0.2, -0.15) is 0 Å². The third-order valence-corrected chi connectivity index (χ3v) is 4.62. The van der Waals surface area contributed by atoms with E-state index in [0.717, 1.165) is 6.42 Å². The van der Waals surface area contributed by atoms with Gasteiger partial charge in [0.05, 0.1) is 25.0 Å². The molecule has 0 radical (unpaired) electrons. The molecular weight excluding hydrogens is 356 g/mol. The normalized spacial score (nSPS) is 28.3. The van der Waals surface area contributed by atoms with Crippen molar-refractivity contribution in [2.45, 2.75) is 50.3 Å². The molecule has 2 aliphatic heterocycles. The van der Waals surface area contributed by atoms with Crippen molar-refractivity contribution in [1.82, 2.24) is 20.2 Å². The number of imidazole rings is 1. The van der Waals surface area contributed by atoms with Gasteiger partial charge in [0, 0.05) is 0 Å². The molecule has 1 fully saturated rings. The summed E-state index contributed by atoms with van der Waals surface area (Å²) >= 11 is 0. The summed E-state index contributed by atoms with van der Waals surface area (Å²) < 4.78 is 7.16. The summed E-state index contributed by atoms with van der Waals surface area (Å²) in [7, 11) is 0. The zero-order valence-corrected chi connectivity index (χ0v) is 14.9. The molecule has 2 amide bonds. The Morgan fingerprint density at radius 3 is 2.96 bits per heavy atom. The number of carbonyl (C=O) groups is 2. The molecular formula is C16H24N6O5. The van der Waals surface area contributed by atoms with Crippen LogP contribution >= 0.6 is 0 Å². The minimum Gasteiger partial charge on any atom is -0.394 e. The largest absolute Gasteiger partial charge is 0.394 e. The third-order valence-electron chi connectivity index (χ3n) is 4.62. The average Bonchev–Trinajstić information content (AvgIpc) is 3.17. The first kappa shape index (κ1) is 19.3. The van der Waals surface area contributed by atoms with Crippen LogP contribution in [0.2, 0.25) is 0 Å². The molecule has 3 heterocycles. The highest BCUT2D eigenvalue weighted by Crippen LogP contribution is 2.34. The molecule has 0 aliphatic carbocycles. The number of nitrogens with zero attached hydrogens (tertiary/aromatic N) is 2. The van der Waals surface area contributed by atoms with E-state index in [0.29, 0.717) is 12.2 Å². The Morgan fingerprint density at radius 1 is 1.56 bits per heavy atom. The Kier molecular flexibility index (Phi) is 5.46. The Bertz CT molecular complexity index is 750. The fraction of sp³-hybridized carbons (Fsp3) is 0.562. The van der Waals surface area contributed by atoms with Crippen LogP contribution in [0.25, 0.3) is 0 Å². The van der Waals surface area contributed by atoms with Gasteiger partial charge in [-0.3, -0.25) is 14.2 Å². The van der Waals surface area contributed by atoms with Crippen LogP contribution < -0.4 is 21.7 Å². The lowest BCUT2D eigenvalue weighted by Crippen LogP contribution is -2.53. The van der Waals surface area contributed by atoms with Gasteiger partial charge in [-0.05, 0) is 6.42 Å². The molecule has 1 aromatic heterocycles. The standard InChI is InChI=1S/C16H24N6O5/c1-3-4-8(17)14(25)21-10-9(5-23)27-16(12(10)24)22-6-18-11-13(22)19-7(2)20-15(11)26/h6,8-10,12,16,19,23-24H,2-5,17H2,1H3,(H,20,26)(H,21,25)/t8?,9-,10+,12?,16-/m1/s1. The molecule has 0 aromatic carbocycles. The van der Waals surface area contributed by atoms with Crippen LogP contribution in [0.5, 0.6) is 0 Å². The predicted molar refractivity (Wildman–Crippen MR) is 94.3 cm³/mol. The minimum atomic E-state index is -1.20. The van der Waals surface area contributed by atoms with E-state index in [9.17, 15) is 19.8 Å². The number of hydrogen-bond donors (Lipinski definition) is 6. The number of fused-ring (bicyclic) bond motifs is 1. The van der Waals surface area contributed by atoms with Gasteiger partial charge in [0.2, 0.25) is 5.91 Å². The van der Waals surface area contributed by atoms with Crippen LogP contribution in [0, 0.1) is 0 Å². The molecule has 5 atom stereocenters. The maximum absolute atomic E-state index is 12.2. The van der Waals surface area contributed by atoms with Crippen molar-refractivity contribution in [2.24, 2.45) is 5.73 Å². The number of hydrogen-bond acceptors (Lipinski definition) is 8. The lowest BCUT2D eigenvalue weighted by molar-refractivity contribution is -0.124. The zero-order chi connectivity index (χ0) is 19.7. The van der Waals surface area contributed by atoms with Gasteiger partial charge in [-0.25, -0.2) is 4.98 Å². The number of nitrogens with one attached hydrogen (secondary N) is 3. The summed E-state index contributed by atoms with van der Waals surface area (Å²) in [4.78, 5) is 28.2. The first-order valence-electron chi connectivity index (χ1n) is 8.71. The molecule has 11 heteroatoms. The first-order valence-corrected chi connectivity index (χ1v) is 8.71. The van der Waals surface area contributed by atoms with Crippen LogP contribution in [0.1, 0.15) is 36.5 Å². The van der Waals surface area contributed by atoms with E-state index in [1.54, 1.807) is 0 Å². The highest BCUT2D eigenvalue weighted by atomic mass is 16.5. The molecule has 148 valence electrons. The van der Waals surface area contributed by atoms with Crippen molar-refractivity contribution in [3.05, 3.63) is 24.4 Å². The van der Waals surface area contributed by atoms with E-state index in [2.05, 4.69) is 27.5 Å². The lowest BCUT2D eigenvalue weighted by atomic mass is 10.1. The molecule has 27 heavy (non-hydrogen) atoms. The van der Waals surface area contributed by atoms with Crippen LogP contribution in [0.4, 0.5) is 5.82 Å². The van der Waals surface area contributed by atoms with E-state index < -0.39 is 48.9 Å². The monoisotopic (exact) mass is 380 g/mol. The van der Waals surface area contributed by atoms with Crippen LogP contribution in [-0.4, -0.2) is 62.5 Å². The van der Waals surface area contributed by atoms with Crippen molar-refractivity contribution >= 4 is 17.6 Å². The van der Waals surface area contributed by atoms with E-state index in [1.165, 1.54) is 10.9 Å². The molecule has 0 bridgehead atoms. The highest BCUT2D eigenvalue weighted by molar-refractivity contribution is 6.00. The highest BCUT2D eigenvalue weighted by Gasteiger charge is 2.46. The van der Waals surface area contributed by atoms with Gasteiger partial charge in [-0.15, -0.1) is 0 Å². The molecule has 0 spiro atoms. The Morgan fingerprint density at radius 2 is 2.30 bits per heavy atom. The number of aromatic nitrogens is 2. The molecule has 7 N–H and O–H groups in total. The number of aliphatic hydroxyl groups excluding tert-OH is 2. The fourth-order valence-electron chi connectivity index (χ4n) is 3.23. The van der Waals surface area contributed by atoms with Gasteiger partial charge < -0.3 is 36.6 Å². The maximum Gasteiger partial charge on any atom is 0.279 e. The quantitative estimate of drug-likeness (QED) is 0.342. The topological polar surface area (TPSA) is 164 Å². The van der Waals surface area contributed by atoms with E-state index in [4.69, 9.17) is 10.5 Å². The van der Waals surface area contributed by atoms with Crippen molar-refractivity contribution < 1.29 is 24.5 Å². The van der Waals surface area contributed by atoms with E-state index in [-0.39, 0.29) is 11.5 Å². The molecule has 2 unspecified atom stereocenters.